The van der Waals surface area contributed by atoms with Gasteiger partial charge in [0.05, 0.1) is 22.4 Å². The molecule has 292 valence electrons. The molecule has 0 amide bonds. The van der Waals surface area contributed by atoms with E-state index in [4.69, 9.17) is 0 Å². The van der Waals surface area contributed by atoms with Gasteiger partial charge in [0, 0.05) is 33.3 Å². The number of hydrogen-bond acceptors (Lipinski definition) is 1. The first-order valence-corrected chi connectivity index (χ1v) is 21.3. The van der Waals surface area contributed by atoms with Crippen LogP contribution in [0.5, 0.6) is 0 Å². The monoisotopic (exact) mass is 790 g/mol. The molecule has 1 heterocycles. The van der Waals surface area contributed by atoms with Crippen LogP contribution in [-0.2, 0) is 0 Å². The first-order chi connectivity index (χ1) is 30.8. The van der Waals surface area contributed by atoms with Gasteiger partial charge in [-0.05, 0) is 93.0 Å². The summed E-state index contributed by atoms with van der Waals surface area (Å²) >= 11 is 0. The molecule has 0 fully saturated rings. The Morgan fingerprint density at radius 1 is 0.258 bits per heavy atom. The second kappa shape index (κ2) is 16.1. The van der Waals surface area contributed by atoms with Gasteiger partial charge in [-0.3, -0.25) is 0 Å². The number of fused-ring (bicyclic) bond motifs is 3. The number of rotatable bonds is 9. The molecule has 0 radical (unpaired) electrons. The Hall–Kier alpha value is -8.20. The standard InChI is InChI=1S/C60H42N2/c1-4-20-44(21-5-1)49-26-10-11-28-51(49)52-29-12-13-30-53(52)54-31-15-18-34-58(54)61(57-33-17-14-27-50(57)45-22-6-2-7-23-45)48-39-36-43(37-40-48)46-38-41-56-55-32-16-19-35-59(55)62(60(56)42-46)47-24-8-3-9-25-47/h1-42H. The first-order valence-electron chi connectivity index (χ1n) is 21.3. The van der Waals surface area contributed by atoms with Crippen LogP contribution < -0.4 is 4.90 Å². The Kier molecular flexibility index (Phi) is 9.57. The minimum Gasteiger partial charge on any atom is -0.309 e. The van der Waals surface area contributed by atoms with Gasteiger partial charge in [0.1, 0.15) is 0 Å². The van der Waals surface area contributed by atoms with Crippen molar-refractivity contribution in [2.45, 2.75) is 0 Å². The molecule has 10 aromatic carbocycles. The summed E-state index contributed by atoms with van der Waals surface area (Å²) in [6, 6.07) is 92.0. The van der Waals surface area contributed by atoms with E-state index in [-0.39, 0.29) is 0 Å². The molecule has 0 atom stereocenters. The summed E-state index contributed by atoms with van der Waals surface area (Å²) in [6.07, 6.45) is 0. The highest BCUT2D eigenvalue weighted by atomic mass is 15.1. The van der Waals surface area contributed by atoms with Gasteiger partial charge in [-0.1, -0.05) is 206 Å². The fourth-order valence-corrected chi connectivity index (χ4v) is 9.18. The van der Waals surface area contributed by atoms with Gasteiger partial charge in [-0.2, -0.15) is 0 Å². The highest BCUT2D eigenvalue weighted by molar-refractivity contribution is 6.10. The fraction of sp³-hybridized carbons (Fsp3) is 0. The number of aromatic nitrogens is 1. The van der Waals surface area contributed by atoms with Gasteiger partial charge in [-0.25, -0.2) is 0 Å². The normalized spacial score (nSPS) is 11.2. The molecule has 0 aliphatic carbocycles. The van der Waals surface area contributed by atoms with Gasteiger partial charge in [0.15, 0.2) is 0 Å². The predicted octanol–water partition coefficient (Wildman–Crippen LogP) is 16.6. The molecule has 0 spiro atoms. The number of hydrogen-bond donors (Lipinski definition) is 0. The lowest BCUT2D eigenvalue weighted by molar-refractivity contribution is 1.18. The zero-order chi connectivity index (χ0) is 41.2. The lowest BCUT2D eigenvalue weighted by atomic mass is 9.88. The summed E-state index contributed by atoms with van der Waals surface area (Å²) in [7, 11) is 0. The highest BCUT2D eigenvalue weighted by Gasteiger charge is 2.22. The summed E-state index contributed by atoms with van der Waals surface area (Å²) in [4.78, 5) is 2.44. The molecular formula is C60H42N2. The quantitative estimate of drug-likeness (QED) is 0.141. The van der Waals surface area contributed by atoms with Crippen molar-refractivity contribution < 1.29 is 0 Å². The van der Waals surface area contributed by atoms with Crippen molar-refractivity contribution in [2.24, 2.45) is 0 Å². The van der Waals surface area contributed by atoms with Crippen molar-refractivity contribution >= 4 is 38.9 Å². The average molecular weight is 791 g/mol. The maximum atomic E-state index is 2.44. The topological polar surface area (TPSA) is 8.17 Å². The van der Waals surface area contributed by atoms with E-state index in [0.29, 0.717) is 0 Å². The molecule has 11 rings (SSSR count). The third-order valence-corrected chi connectivity index (χ3v) is 12.0. The third-order valence-electron chi connectivity index (χ3n) is 12.0. The SMILES string of the molecule is c1ccc(-c2ccccc2-c2ccccc2-c2ccccc2N(c2ccc(-c3ccc4c5ccccc5n(-c5ccccc5)c4c3)cc2)c2ccccc2-c2ccccc2)cc1. The van der Waals surface area contributed by atoms with Crippen LogP contribution in [0.15, 0.2) is 255 Å². The van der Waals surface area contributed by atoms with Crippen molar-refractivity contribution in [3.05, 3.63) is 255 Å². The number of anilines is 3. The van der Waals surface area contributed by atoms with Crippen LogP contribution in [0.3, 0.4) is 0 Å². The van der Waals surface area contributed by atoms with Crippen LogP contribution in [0.25, 0.3) is 83.1 Å². The number of para-hydroxylation sites is 4. The molecule has 2 nitrogen and oxygen atoms in total. The van der Waals surface area contributed by atoms with E-state index in [1.54, 1.807) is 0 Å². The van der Waals surface area contributed by atoms with E-state index in [1.165, 1.54) is 60.8 Å². The summed E-state index contributed by atoms with van der Waals surface area (Å²) in [6.45, 7) is 0. The lowest BCUT2D eigenvalue weighted by Gasteiger charge is -2.30. The molecule has 0 saturated heterocycles. The fourth-order valence-electron chi connectivity index (χ4n) is 9.18. The van der Waals surface area contributed by atoms with Crippen LogP contribution in [0.1, 0.15) is 0 Å². The van der Waals surface area contributed by atoms with Crippen molar-refractivity contribution in [1.82, 2.24) is 4.57 Å². The highest BCUT2D eigenvalue weighted by Crippen LogP contribution is 2.47. The summed E-state index contributed by atoms with van der Waals surface area (Å²) in [5, 5.41) is 2.50. The predicted molar refractivity (Wildman–Crippen MR) is 263 cm³/mol. The maximum absolute atomic E-state index is 2.44. The molecule has 1 aromatic heterocycles. The van der Waals surface area contributed by atoms with Crippen LogP contribution in [0, 0.1) is 0 Å². The minimum absolute atomic E-state index is 1.08. The summed E-state index contributed by atoms with van der Waals surface area (Å²) in [5.41, 5.74) is 18.6. The zero-order valence-electron chi connectivity index (χ0n) is 34.1. The Balaban J connectivity index is 1.08. The second-order valence-electron chi connectivity index (χ2n) is 15.7. The molecule has 2 heteroatoms. The largest absolute Gasteiger partial charge is 0.309 e. The summed E-state index contributed by atoms with van der Waals surface area (Å²) in [5.74, 6) is 0. The van der Waals surface area contributed by atoms with E-state index in [1.807, 2.05) is 0 Å². The van der Waals surface area contributed by atoms with Gasteiger partial charge >= 0.3 is 0 Å². The Labute approximate surface area is 362 Å². The molecule has 0 unspecified atom stereocenters. The van der Waals surface area contributed by atoms with Crippen molar-refractivity contribution in [3.8, 4) is 61.3 Å². The Morgan fingerprint density at radius 3 is 1.35 bits per heavy atom. The summed E-state index contributed by atoms with van der Waals surface area (Å²) < 4.78 is 2.39. The van der Waals surface area contributed by atoms with Crippen molar-refractivity contribution in [1.29, 1.82) is 0 Å². The van der Waals surface area contributed by atoms with Crippen LogP contribution in [0.4, 0.5) is 17.1 Å². The average Bonchev–Trinajstić information content (AvgIpc) is 3.69. The number of nitrogens with zero attached hydrogens (tertiary/aromatic N) is 2. The van der Waals surface area contributed by atoms with Crippen LogP contribution in [-0.4, -0.2) is 4.57 Å². The van der Waals surface area contributed by atoms with Crippen LogP contribution >= 0.6 is 0 Å². The third kappa shape index (κ3) is 6.65. The molecule has 11 aromatic rings. The zero-order valence-corrected chi connectivity index (χ0v) is 34.1. The minimum atomic E-state index is 1.08. The van der Waals surface area contributed by atoms with Gasteiger partial charge in [-0.15, -0.1) is 0 Å². The van der Waals surface area contributed by atoms with Gasteiger partial charge < -0.3 is 9.47 Å². The Bertz CT molecular complexity index is 3330. The van der Waals surface area contributed by atoms with Crippen molar-refractivity contribution in [2.75, 3.05) is 4.90 Å². The Morgan fingerprint density at radius 2 is 0.694 bits per heavy atom. The van der Waals surface area contributed by atoms with E-state index in [9.17, 15) is 0 Å². The van der Waals surface area contributed by atoms with Gasteiger partial charge in [0.2, 0.25) is 0 Å². The maximum Gasteiger partial charge on any atom is 0.0547 e. The molecular weight excluding hydrogens is 749 g/mol. The molecule has 0 aliphatic rings. The molecule has 0 bridgehead atoms. The number of benzene rings is 10. The van der Waals surface area contributed by atoms with E-state index < -0.39 is 0 Å². The molecule has 0 N–H and O–H groups in total. The second-order valence-corrected chi connectivity index (χ2v) is 15.7. The van der Waals surface area contributed by atoms with E-state index in [2.05, 4.69) is 264 Å². The molecule has 62 heavy (non-hydrogen) atoms. The molecule has 0 saturated carbocycles. The first kappa shape index (κ1) is 36.8. The smallest absolute Gasteiger partial charge is 0.0547 e. The van der Waals surface area contributed by atoms with Gasteiger partial charge in [0.25, 0.3) is 0 Å². The van der Waals surface area contributed by atoms with Crippen molar-refractivity contribution in [3.63, 3.8) is 0 Å². The molecule has 0 aliphatic heterocycles. The van der Waals surface area contributed by atoms with E-state index in [0.717, 1.165) is 39.4 Å². The lowest BCUT2D eigenvalue weighted by Crippen LogP contribution is -2.12. The van der Waals surface area contributed by atoms with E-state index >= 15 is 0 Å². The van der Waals surface area contributed by atoms with Crippen LogP contribution in [0.2, 0.25) is 0 Å².